The maximum absolute atomic E-state index is 5.34. The predicted octanol–water partition coefficient (Wildman–Crippen LogP) is 5.92. The smallest absolute Gasteiger partial charge is 0.180 e. The van der Waals surface area contributed by atoms with E-state index in [-0.39, 0.29) is 0 Å². The highest BCUT2D eigenvalue weighted by Crippen LogP contribution is 2.39. The first-order chi connectivity index (χ1) is 20.4. The molecule has 0 saturated carbocycles. The highest BCUT2D eigenvalue weighted by Gasteiger charge is 2.15. The Hall–Kier alpha value is -3.86. The van der Waals surface area contributed by atoms with Crippen LogP contribution in [0.3, 0.4) is 0 Å². The molecule has 4 heterocycles. The van der Waals surface area contributed by atoms with Crippen molar-refractivity contribution in [3.63, 3.8) is 0 Å². The summed E-state index contributed by atoms with van der Waals surface area (Å²) in [5, 5.41) is 21.5. The van der Waals surface area contributed by atoms with Crippen LogP contribution in [0.5, 0.6) is 23.0 Å². The average molecular weight is 641 g/mol. The lowest BCUT2D eigenvalue weighted by molar-refractivity contribution is 0.355. The summed E-state index contributed by atoms with van der Waals surface area (Å²) in [6, 6.07) is 7.44. The quantitative estimate of drug-likeness (QED) is 0.182. The van der Waals surface area contributed by atoms with Crippen molar-refractivity contribution >= 4 is 68.0 Å². The van der Waals surface area contributed by atoms with Gasteiger partial charge in [-0.05, 0) is 49.5 Å². The Morgan fingerprint density at radius 1 is 0.524 bits per heavy atom. The van der Waals surface area contributed by atoms with Crippen LogP contribution < -0.4 is 18.9 Å². The van der Waals surface area contributed by atoms with Crippen molar-refractivity contribution in [2.45, 2.75) is 32.6 Å². The zero-order chi connectivity index (χ0) is 29.6. The van der Waals surface area contributed by atoms with Gasteiger partial charge in [0.15, 0.2) is 31.7 Å². The normalized spacial score (nSPS) is 10.8. The van der Waals surface area contributed by atoms with Crippen LogP contribution in [0.4, 0.5) is 0 Å². The van der Waals surface area contributed by atoms with E-state index in [1.165, 1.54) is 58.9 Å². The van der Waals surface area contributed by atoms with Gasteiger partial charge in [0, 0.05) is 22.9 Å². The van der Waals surface area contributed by atoms with E-state index >= 15 is 0 Å². The van der Waals surface area contributed by atoms with Crippen LogP contribution >= 0.6 is 46.2 Å². The monoisotopic (exact) mass is 640 g/mol. The van der Waals surface area contributed by atoms with Crippen molar-refractivity contribution in [1.82, 2.24) is 40.3 Å². The minimum absolute atomic E-state index is 0.645. The maximum Gasteiger partial charge on any atom is 0.180 e. The van der Waals surface area contributed by atoms with E-state index in [0.717, 1.165) is 50.6 Å². The number of hydrogen-bond acceptors (Lipinski definition) is 16. The summed E-state index contributed by atoms with van der Waals surface area (Å²) in [5.41, 5.74) is 1.60. The van der Waals surface area contributed by atoms with Gasteiger partial charge < -0.3 is 18.9 Å². The van der Waals surface area contributed by atoms with Crippen LogP contribution in [0, 0.1) is 13.8 Å². The fraction of sp³-hybridized carbons (Fsp3) is 0.231. The number of nitrogens with zero attached hydrogens (tertiary/aromatic N) is 8. The molecule has 2 aromatic carbocycles. The lowest BCUT2D eigenvalue weighted by Gasteiger charge is -2.09. The first kappa shape index (κ1) is 29.6. The molecule has 0 unspecified atom stereocenters. The Balaban J connectivity index is 0.000000168. The number of fused-ring (bicyclic) bond motifs is 2. The Morgan fingerprint density at radius 3 is 1.24 bits per heavy atom. The molecule has 42 heavy (non-hydrogen) atoms. The molecule has 12 nitrogen and oxygen atoms in total. The second-order valence-corrected chi connectivity index (χ2v) is 13.0. The largest absolute Gasteiger partial charge is 0.493 e. The Labute approximate surface area is 257 Å². The first-order valence-corrected chi connectivity index (χ1v) is 15.4. The van der Waals surface area contributed by atoms with E-state index in [9.17, 15) is 0 Å². The summed E-state index contributed by atoms with van der Waals surface area (Å²) in [4.78, 5) is 17.2. The average Bonchev–Trinajstić information content (AvgIpc) is 3.62. The number of aromatic nitrogens is 8. The molecule has 0 radical (unpaired) electrons. The zero-order valence-corrected chi connectivity index (χ0v) is 26.6. The molecule has 0 spiro atoms. The number of ether oxygens (including phenoxy) is 4. The second-order valence-electron chi connectivity index (χ2n) is 8.18. The Morgan fingerprint density at radius 2 is 0.905 bits per heavy atom. The van der Waals surface area contributed by atoms with Gasteiger partial charge in [-0.2, -0.15) is 0 Å². The van der Waals surface area contributed by atoms with Gasteiger partial charge in [0.1, 0.15) is 32.7 Å². The Kier molecular flexibility index (Phi) is 9.46. The van der Waals surface area contributed by atoms with Crippen molar-refractivity contribution in [1.29, 1.82) is 0 Å². The van der Waals surface area contributed by atoms with Crippen molar-refractivity contribution in [2.75, 3.05) is 28.4 Å². The van der Waals surface area contributed by atoms with Crippen molar-refractivity contribution < 1.29 is 18.9 Å². The molecule has 0 N–H and O–H groups in total. The van der Waals surface area contributed by atoms with Crippen molar-refractivity contribution in [3.05, 3.63) is 46.9 Å². The third-order valence-corrected chi connectivity index (χ3v) is 9.41. The molecule has 0 aliphatic rings. The molecule has 6 aromatic rings. The number of methoxy groups -OCH3 is 4. The molecular weight excluding hydrogens is 617 g/mol. The minimum Gasteiger partial charge on any atom is -0.493 e. The first-order valence-electron chi connectivity index (χ1n) is 12.1. The van der Waals surface area contributed by atoms with Gasteiger partial charge in [0.05, 0.1) is 39.5 Å². The second kappa shape index (κ2) is 13.4. The highest BCUT2D eigenvalue weighted by molar-refractivity contribution is 8.01. The molecular formula is C26H24N8O4S4. The lowest BCUT2D eigenvalue weighted by atomic mass is 10.2. The molecule has 0 atom stereocenters. The van der Waals surface area contributed by atoms with Gasteiger partial charge >= 0.3 is 0 Å². The summed E-state index contributed by atoms with van der Waals surface area (Å²) in [7, 11) is 6.41. The molecule has 0 amide bonds. The van der Waals surface area contributed by atoms with E-state index in [1.54, 1.807) is 28.4 Å². The molecule has 6 rings (SSSR count). The molecule has 0 fully saturated rings. The van der Waals surface area contributed by atoms with Crippen LogP contribution in [0.25, 0.3) is 21.8 Å². The molecule has 216 valence electrons. The van der Waals surface area contributed by atoms with Gasteiger partial charge in [-0.1, -0.05) is 22.7 Å². The fourth-order valence-corrected chi connectivity index (χ4v) is 7.29. The Bertz CT molecular complexity index is 1720. The molecule has 4 aromatic heterocycles. The van der Waals surface area contributed by atoms with Gasteiger partial charge in [0.2, 0.25) is 0 Å². The maximum atomic E-state index is 5.34. The zero-order valence-electron chi connectivity index (χ0n) is 23.3. The predicted molar refractivity (Wildman–Crippen MR) is 163 cm³/mol. The summed E-state index contributed by atoms with van der Waals surface area (Å²) in [6.07, 6.45) is 3.06. The van der Waals surface area contributed by atoms with Crippen LogP contribution in [-0.2, 0) is 0 Å². The number of hydrogen-bond donors (Lipinski definition) is 0. The summed E-state index contributed by atoms with van der Waals surface area (Å²) in [5.74, 6) is 2.59. The van der Waals surface area contributed by atoms with Crippen LogP contribution in [-0.4, -0.2) is 68.8 Å². The number of aryl methyl sites for hydroxylation is 2. The topological polar surface area (TPSA) is 140 Å². The van der Waals surface area contributed by atoms with E-state index in [4.69, 9.17) is 18.9 Å². The SMILES string of the molecule is COc1cc2ncnc(Sc3nnc(C)s3)c2cc1OC.COc1cc2ncnc(Sc3nnc(C)s3)c2cc1OC. The third-order valence-electron chi connectivity index (χ3n) is 5.59. The molecule has 0 aliphatic carbocycles. The van der Waals surface area contributed by atoms with Gasteiger partial charge in [-0.3, -0.25) is 0 Å². The van der Waals surface area contributed by atoms with Crippen LogP contribution in [0.2, 0.25) is 0 Å². The van der Waals surface area contributed by atoms with Crippen LogP contribution in [0.1, 0.15) is 10.0 Å². The van der Waals surface area contributed by atoms with E-state index < -0.39 is 0 Å². The number of benzene rings is 2. The molecule has 0 bridgehead atoms. The van der Waals surface area contributed by atoms with E-state index in [0.29, 0.717) is 23.0 Å². The molecule has 0 saturated heterocycles. The fourth-order valence-electron chi connectivity index (χ4n) is 3.69. The minimum atomic E-state index is 0.645. The molecule has 16 heteroatoms. The summed E-state index contributed by atoms with van der Waals surface area (Å²) >= 11 is 6.00. The van der Waals surface area contributed by atoms with Crippen molar-refractivity contribution in [2.24, 2.45) is 0 Å². The third kappa shape index (κ3) is 6.61. The lowest BCUT2D eigenvalue weighted by Crippen LogP contribution is -1.93. The number of rotatable bonds is 8. The van der Waals surface area contributed by atoms with Gasteiger partial charge in [-0.25, -0.2) is 19.9 Å². The van der Waals surface area contributed by atoms with Gasteiger partial charge in [0.25, 0.3) is 0 Å². The van der Waals surface area contributed by atoms with E-state index in [1.807, 2.05) is 38.1 Å². The summed E-state index contributed by atoms with van der Waals surface area (Å²) < 4.78 is 23.0. The van der Waals surface area contributed by atoms with Gasteiger partial charge in [-0.15, -0.1) is 20.4 Å². The van der Waals surface area contributed by atoms with Crippen molar-refractivity contribution in [3.8, 4) is 23.0 Å². The standard InChI is InChI=1S/2C13H12N4O2S2/c2*1-7-16-17-13(20-7)21-12-8-4-10(18-2)11(19-3)5-9(8)14-6-15-12/h2*4-6H,1-3H3. The van der Waals surface area contributed by atoms with Crippen LogP contribution in [0.15, 0.2) is 55.7 Å². The highest BCUT2D eigenvalue weighted by atomic mass is 32.2. The summed E-state index contributed by atoms with van der Waals surface area (Å²) in [6.45, 7) is 3.85. The van der Waals surface area contributed by atoms with E-state index in [2.05, 4.69) is 40.3 Å². The molecule has 0 aliphatic heterocycles.